The molecule has 3 aromatic rings. The van der Waals surface area contributed by atoms with Crippen LogP contribution in [0.5, 0.6) is 5.75 Å². The van der Waals surface area contributed by atoms with Crippen LogP contribution in [-0.2, 0) is 4.74 Å². The topological polar surface area (TPSA) is 108 Å². The van der Waals surface area contributed by atoms with Crippen LogP contribution in [0, 0.1) is 0 Å². The Labute approximate surface area is 195 Å². The lowest BCUT2D eigenvalue weighted by Gasteiger charge is -2.12. The van der Waals surface area contributed by atoms with E-state index in [1.165, 1.54) is 0 Å². The van der Waals surface area contributed by atoms with Crippen molar-refractivity contribution in [2.75, 3.05) is 13.2 Å². The molecule has 168 valence electrons. The standard InChI is InChI=1S/C25H21ClN2O5/c26-22-10-7-18(15-1-3-17(4-2-15)24(30)28-25(27)31)13-21(22)23(29)16-5-8-19(9-6-16)33-20-11-12-32-14-20/h1-10,13,20H,11-12,14H2,(H3,27,28,30,31)/t20-/m1/s1. The van der Waals surface area contributed by atoms with Gasteiger partial charge in [0.2, 0.25) is 0 Å². The van der Waals surface area contributed by atoms with E-state index < -0.39 is 11.9 Å². The molecule has 1 aliphatic heterocycles. The minimum atomic E-state index is -0.919. The van der Waals surface area contributed by atoms with Crippen LogP contribution in [-0.4, -0.2) is 37.0 Å². The first-order valence-corrected chi connectivity index (χ1v) is 10.7. The van der Waals surface area contributed by atoms with Crippen molar-refractivity contribution in [1.82, 2.24) is 5.32 Å². The van der Waals surface area contributed by atoms with Crippen molar-refractivity contribution in [3.8, 4) is 16.9 Å². The lowest BCUT2D eigenvalue weighted by molar-refractivity contribution is 0.0965. The number of hydrogen-bond donors (Lipinski definition) is 2. The Morgan fingerprint density at radius 2 is 1.61 bits per heavy atom. The molecule has 3 aromatic carbocycles. The third-order valence-electron chi connectivity index (χ3n) is 5.24. The number of hydrogen-bond acceptors (Lipinski definition) is 5. The van der Waals surface area contributed by atoms with Gasteiger partial charge in [-0.1, -0.05) is 29.8 Å². The number of ketones is 1. The van der Waals surface area contributed by atoms with Crippen molar-refractivity contribution in [3.63, 3.8) is 0 Å². The van der Waals surface area contributed by atoms with Crippen LogP contribution in [0.25, 0.3) is 11.1 Å². The van der Waals surface area contributed by atoms with Crippen LogP contribution in [0.3, 0.4) is 0 Å². The lowest BCUT2D eigenvalue weighted by Crippen LogP contribution is -2.34. The van der Waals surface area contributed by atoms with E-state index in [1.807, 2.05) is 5.32 Å². The number of imide groups is 1. The van der Waals surface area contributed by atoms with E-state index in [1.54, 1.807) is 66.7 Å². The summed E-state index contributed by atoms with van der Waals surface area (Å²) >= 11 is 6.33. The molecule has 1 saturated heterocycles. The van der Waals surface area contributed by atoms with E-state index in [4.69, 9.17) is 26.8 Å². The molecule has 3 N–H and O–H groups in total. The maximum absolute atomic E-state index is 13.1. The van der Waals surface area contributed by atoms with Crippen molar-refractivity contribution in [1.29, 1.82) is 0 Å². The van der Waals surface area contributed by atoms with Crippen molar-refractivity contribution < 1.29 is 23.9 Å². The lowest BCUT2D eigenvalue weighted by atomic mass is 9.97. The molecule has 0 saturated carbocycles. The second-order valence-corrected chi connectivity index (χ2v) is 7.95. The van der Waals surface area contributed by atoms with E-state index in [9.17, 15) is 14.4 Å². The van der Waals surface area contributed by atoms with Gasteiger partial charge in [-0.25, -0.2) is 4.79 Å². The fourth-order valence-corrected chi connectivity index (χ4v) is 3.72. The van der Waals surface area contributed by atoms with Gasteiger partial charge in [-0.2, -0.15) is 0 Å². The second kappa shape index (κ2) is 9.85. The number of amides is 3. The number of nitrogens with two attached hydrogens (primary N) is 1. The van der Waals surface area contributed by atoms with Crippen LogP contribution in [0.1, 0.15) is 32.7 Å². The summed E-state index contributed by atoms with van der Waals surface area (Å²) in [5.74, 6) is -0.119. The first-order valence-electron chi connectivity index (χ1n) is 10.3. The molecule has 0 aromatic heterocycles. The van der Waals surface area contributed by atoms with Crippen molar-refractivity contribution in [2.24, 2.45) is 5.73 Å². The minimum absolute atomic E-state index is 0.0333. The summed E-state index contributed by atoms with van der Waals surface area (Å²) in [5.41, 5.74) is 7.65. The maximum atomic E-state index is 13.1. The van der Waals surface area contributed by atoms with Crippen molar-refractivity contribution >= 4 is 29.3 Å². The van der Waals surface area contributed by atoms with E-state index >= 15 is 0 Å². The molecule has 0 aliphatic carbocycles. The quantitative estimate of drug-likeness (QED) is 0.531. The number of ether oxygens (including phenoxy) is 2. The Bertz CT molecular complexity index is 1190. The zero-order chi connectivity index (χ0) is 23.4. The molecule has 7 nitrogen and oxygen atoms in total. The van der Waals surface area contributed by atoms with Gasteiger partial charge < -0.3 is 15.2 Å². The van der Waals surface area contributed by atoms with Crippen molar-refractivity contribution in [2.45, 2.75) is 12.5 Å². The molecule has 33 heavy (non-hydrogen) atoms. The van der Waals surface area contributed by atoms with Gasteiger partial charge in [0, 0.05) is 23.1 Å². The summed E-state index contributed by atoms with van der Waals surface area (Å²) in [6.45, 7) is 1.26. The van der Waals surface area contributed by atoms with Crippen molar-refractivity contribution in [3.05, 3.63) is 88.4 Å². The van der Waals surface area contributed by atoms with Crippen LogP contribution >= 0.6 is 11.6 Å². The Balaban J connectivity index is 1.52. The molecule has 1 heterocycles. The summed E-state index contributed by atoms with van der Waals surface area (Å²) < 4.78 is 11.2. The van der Waals surface area contributed by atoms with Gasteiger partial charge in [0.1, 0.15) is 11.9 Å². The predicted molar refractivity (Wildman–Crippen MR) is 124 cm³/mol. The highest BCUT2D eigenvalue weighted by atomic mass is 35.5. The largest absolute Gasteiger partial charge is 0.488 e. The highest BCUT2D eigenvalue weighted by Gasteiger charge is 2.18. The Morgan fingerprint density at radius 1 is 0.939 bits per heavy atom. The van der Waals surface area contributed by atoms with Crippen LogP contribution in [0.15, 0.2) is 66.7 Å². The summed E-state index contributed by atoms with van der Waals surface area (Å²) in [4.78, 5) is 35.8. The molecular formula is C25H21ClN2O5. The van der Waals surface area contributed by atoms with Gasteiger partial charge >= 0.3 is 6.03 Å². The average Bonchev–Trinajstić information content (AvgIpc) is 3.32. The van der Waals surface area contributed by atoms with Gasteiger partial charge in [-0.15, -0.1) is 0 Å². The fourth-order valence-electron chi connectivity index (χ4n) is 3.52. The monoisotopic (exact) mass is 464 g/mol. The molecule has 1 fully saturated rings. The normalized spacial score (nSPS) is 15.1. The third-order valence-corrected chi connectivity index (χ3v) is 5.56. The Kier molecular flexibility index (Phi) is 6.72. The number of rotatable bonds is 6. The summed E-state index contributed by atoms with van der Waals surface area (Å²) in [6.07, 6.45) is 0.880. The minimum Gasteiger partial charge on any atom is -0.488 e. The van der Waals surface area contributed by atoms with E-state index in [0.717, 1.165) is 17.5 Å². The first-order chi connectivity index (χ1) is 15.9. The Hall–Kier alpha value is -3.68. The molecule has 4 rings (SSSR count). The van der Waals surface area contributed by atoms with Gasteiger partial charge in [0.15, 0.2) is 5.78 Å². The Morgan fingerprint density at radius 3 is 2.24 bits per heavy atom. The van der Waals surface area contributed by atoms with Crippen LogP contribution in [0.2, 0.25) is 5.02 Å². The molecule has 0 spiro atoms. The van der Waals surface area contributed by atoms with Crippen LogP contribution in [0.4, 0.5) is 4.79 Å². The van der Waals surface area contributed by atoms with Gasteiger partial charge in [0.05, 0.1) is 18.2 Å². The van der Waals surface area contributed by atoms with Gasteiger partial charge in [-0.3, -0.25) is 14.9 Å². The molecule has 0 bridgehead atoms. The molecule has 3 amide bonds. The number of benzene rings is 3. The highest BCUT2D eigenvalue weighted by Crippen LogP contribution is 2.28. The number of halogens is 1. The van der Waals surface area contributed by atoms with Gasteiger partial charge in [0.25, 0.3) is 5.91 Å². The number of nitrogens with one attached hydrogen (secondary N) is 1. The zero-order valence-corrected chi connectivity index (χ0v) is 18.3. The molecule has 0 unspecified atom stereocenters. The highest BCUT2D eigenvalue weighted by molar-refractivity contribution is 6.35. The predicted octanol–water partition coefficient (Wildman–Crippen LogP) is 4.21. The molecule has 8 heteroatoms. The maximum Gasteiger partial charge on any atom is 0.319 e. The molecule has 1 aliphatic rings. The average molecular weight is 465 g/mol. The third kappa shape index (κ3) is 5.39. The SMILES string of the molecule is NC(=O)NC(=O)c1ccc(-c2ccc(Cl)c(C(=O)c3ccc(O[C@@H]4CCOC4)cc3)c2)cc1. The first kappa shape index (κ1) is 22.5. The van der Waals surface area contributed by atoms with E-state index in [2.05, 4.69) is 0 Å². The second-order valence-electron chi connectivity index (χ2n) is 7.55. The smallest absolute Gasteiger partial charge is 0.319 e. The molecule has 0 radical (unpaired) electrons. The van der Waals surface area contributed by atoms with Crippen LogP contribution < -0.4 is 15.8 Å². The molecular weight excluding hydrogens is 444 g/mol. The van der Waals surface area contributed by atoms with Gasteiger partial charge in [-0.05, 0) is 59.7 Å². The van der Waals surface area contributed by atoms with E-state index in [-0.39, 0.29) is 17.5 Å². The summed E-state index contributed by atoms with van der Waals surface area (Å²) in [5, 5.41) is 2.35. The number of urea groups is 1. The molecule has 1 atom stereocenters. The number of carbonyl (C=O) groups is 3. The number of carbonyl (C=O) groups excluding carboxylic acids is 3. The number of primary amides is 1. The summed E-state index contributed by atoms with van der Waals surface area (Å²) in [7, 11) is 0. The fraction of sp³-hybridized carbons (Fsp3) is 0.160. The zero-order valence-electron chi connectivity index (χ0n) is 17.5. The summed E-state index contributed by atoms with van der Waals surface area (Å²) in [6, 6.07) is 17.8. The van der Waals surface area contributed by atoms with E-state index in [0.29, 0.717) is 35.1 Å².